The Morgan fingerprint density at radius 1 is 1.22 bits per heavy atom. The van der Waals surface area contributed by atoms with Crippen molar-refractivity contribution in [2.75, 3.05) is 7.11 Å². The number of aromatic amines is 1. The number of hydrogen-bond donors (Lipinski definition) is 3. The predicted octanol–water partition coefficient (Wildman–Crippen LogP) is 4.16. The van der Waals surface area contributed by atoms with Gasteiger partial charge in [0.25, 0.3) is 5.91 Å². The summed E-state index contributed by atoms with van der Waals surface area (Å²) in [7, 11) is 1.59. The van der Waals surface area contributed by atoms with Gasteiger partial charge in [-0.2, -0.15) is 5.26 Å². The summed E-state index contributed by atoms with van der Waals surface area (Å²) in [5.41, 5.74) is 0.140. The minimum atomic E-state index is -1.06. The molecule has 0 bridgehead atoms. The lowest BCUT2D eigenvalue weighted by Crippen LogP contribution is -2.70. The third-order valence-electron chi connectivity index (χ3n) is 8.56. The smallest absolute Gasteiger partial charge is 0.268 e. The molecule has 0 radical (unpaired) electrons. The normalized spacial score (nSPS) is 23.0. The second-order valence-corrected chi connectivity index (χ2v) is 11.0. The molecule has 0 saturated heterocycles. The Hall–Kier alpha value is -3.34. The molecule has 3 fully saturated rings. The van der Waals surface area contributed by atoms with E-state index in [4.69, 9.17) is 4.74 Å². The molecule has 2 atom stereocenters. The zero-order valence-electron chi connectivity index (χ0n) is 20.8. The van der Waals surface area contributed by atoms with Crippen LogP contribution >= 0.6 is 0 Å². The Kier molecular flexibility index (Phi) is 6.50. The predicted molar refractivity (Wildman–Crippen MR) is 134 cm³/mol. The Morgan fingerprint density at radius 2 is 2.00 bits per heavy atom. The Morgan fingerprint density at radius 3 is 2.67 bits per heavy atom. The fraction of sp³-hybridized carbons (Fsp3) is 0.571. The molecular formula is C28H34N4O4. The van der Waals surface area contributed by atoms with E-state index in [0.717, 1.165) is 49.4 Å². The van der Waals surface area contributed by atoms with E-state index in [-0.39, 0.29) is 28.9 Å². The molecule has 5 rings (SSSR count). The van der Waals surface area contributed by atoms with Gasteiger partial charge in [0.15, 0.2) is 0 Å². The summed E-state index contributed by atoms with van der Waals surface area (Å²) in [6.07, 6.45) is 9.22. The minimum Gasteiger partial charge on any atom is -0.496 e. The van der Waals surface area contributed by atoms with Gasteiger partial charge in [-0.25, -0.2) is 0 Å². The lowest BCUT2D eigenvalue weighted by atomic mass is 9.51. The van der Waals surface area contributed by atoms with Gasteiger partial charge >= 0.3 is 0 Å². The van der Waals surface area contributed by atoms with Crippen LogP contribution in [0.4, 0.5) is 0 Å². The van der Waals surface area contributed by atoms with Gasteiger partial charge in [0, 0.05) is 23.2 Å². The van der Waals surface area contributed by atoms with Crippen molar-refractivity contribution in [3.05, 3.63) is 30.0 Å². The first-order valence-electron chi connectivity index (χ1n) is 13.1. The molecule has 8 heteroatoms. The molecule has 3 aliphatic carbocycles. The van der Waals surface area contributed by atoms with E-state index >= 15 is 0 Å². The molecule has 8 nitrogen and oxygen atoms in total. The van der Waals surface area contributed by atoms with Crippen LogP contribution in [0.1, 0.15) is 81.1 Å². The zero-order chi connectivity index (χ0) is 25.3. The summed E-state index contributed by atoms with van der Waals surface area (Å²) in [6, 6.07) is 8.72. The molecule has 1 aromatic carbocycles. The number of Topliss-reactive ketones (excluding diaryl/α,β-unsaturated/α-hetero) is 1. The number of benzene rings is 1. The largest absolute Gasteiger partial charge is 0.496 e. The van der Waals surface area contributed by atoms with Gasteiger partial charge in [-0.3, -0.25) is 14.4 Å². The van der Waals surface area contributed by atoms with Crippen LogP contribution in [0.25, 0.3) is 10.9 Å². The van der Waals surface area contributed by atoms with Crippen LogP contribution in [0.5, 0.6) is 5.75 Å². The van der Waals surface area contributed by atoms with E-state index in [1.165, 1.54) is 6.42 Å². The number of H-pyrrole nitrogens is 1. The van der Waals surface area contributed by atoms with Crippen LogP contribution in [-0.2, 0) is 9.59 Å². The van der Waals surface area contributed by atoms with Crippen molar-refractivity contribution >= 4 is 28.5 Å². The van der Waals surface area contributed by atoms with Crippen molar-refractivity contribution in [2.24, 2.45) is 11.3 Å². The first-order chi connectivity index (χ1) is 17.4. The van der Waals surface area contributed by atoms with Gasteiger partial charge in [0.2, 0.25) is 5.91 Å². The van der Waals surface area contributed by atoms with Crippen molar-refractivity contribution in [3.8, 4) is 11.8 Å². The third kappa shape index (κ3) is 4.47. The summed E-state index contributed by atoms with van der Waals surface area (Å²) in [6.45, 7) is 0. The lowest BCUT2D eigenvalue weighted by Gasteiger charge is -2.57. The van der Waals surface area contributed by atoms with E-state index in [1.54, 1.807) is 13.2 Å². The third-order valence-corrected chi connectivity index (χ3v) is 8.56. The molecule has 1 spiro atoms. The second-order valence-electron chi connectivity index (χ2n) is 11.0. The summed E-state index contributed by atoms with van der Waals surface area (Å²) in [4.78, 5) is 42.3. The summed E-state index contributed by atoms with van der Waals surface area (Å²) >= 11 is 0. The van der Waals surface area contributed by atoms with E-state index in [0.29, 0.717) is 37.1 Å². The van der Waals surface area contributed by atoms with Crippen molar-refractivity contribution in [2.45, 2.75) is 82.2 Å². The summed E-state index contributed by atoms with van der Waals surface area (Å²) < 4.78 is 5.41. The van der Waals surface area contributed by atoms with Crippen molar-refractivity contribution in [1.29, 1.82) is 5.26 Å². The maximum Gasteiger partial charge on any atom is 0.268 e. The first kappa shape index (κ1) is 24.4. The molecule has 3 N–H and O–H groups in total. The zero-order valence-corrected chi connectivity index (χ0v) is 20.8. The molecular weight excluding hydrogens is 456 g/mol. The van der Waals surface area contributed by atoms with Gasteiger partial charge in [-0.1, -0.05) is 25.3 Å². The first-order valence-corrected chi connectivity index (χ1v) is 13.1. The average Bonchev–Trinajstić information content (AvgIpc) is 3.49. The highest BCUT2D eigenvalue weighted by atomic mass is 16.5. The lowest BCUT2D eigenvalue weighted by molar-refractivity contribution is -0.140. The maximum atomic E-state index is 13.6. The van der Waals surface area contributed by atoms with Crippen molar-refractivity contribution in [1.82, 2.24) is 15.6 Å². The summed E-state index contributed by atoms with van der Waals surface area (Å²) in [5.74, 6) is -0.0101. The van der Waals surface area contributed by atoms with E-state index in [2.05, 4.69) is 21.7 Å². The van der Waals surface area contributed by atoms with Gasteiger partial charge in [-0.15, -0.1) is 0 Å². The number of carbonyl (C=O) groups excluding carboxylic acids is 3. The van der Waals surface area contributed by atoms with Crippen molar-refractivity contribution in [3.63, 3.8) is 0 Å². The number of rotatable bonds is 7. The SMILES string of the molecule is COc1cccc2[nH]c(C(=O)NC3(C(=O)NC(C#N)CC4CCCC4=O)CC4(CCCCC4)C3)cc12. The number of nitrogens with one attached hydrogen (secondary N) is 3. The fourth-order valence-electron chi connectivity index (χ4n) is 6.76. The molecule has 2 aromatic rings. The molecule has 1 heterocycles. The van der Waals surface area contributed by atoms with Gasteiger partial charge in [0.1, 0.15) is 28.8 Å². The topological polar surface area (TPSA) is 124 Å². The quantitative estimate of drug-likeness (QED) is 0.538. The number of ether oxygens (including phenoxy) is 1. The monoisotopic (exact) mass is 490 g/mol. The van der Waals surface area contributed by atoms with Gasteiger partial charge in [0.05, 0.1) is 13.2 Å². The van der Waals surface area contributed by atoms with E-state index < -0.39 is 11.6 Å². The van der Waals surface area contributed by atoms with Crippen LogP contribution in [-0.4, -0.2) is 41.3 Å². The molecule has 0 aliphatic heterocycles. The van der Waals surface area contributed by atoms with E-state index in [1.807, 2.05) is 18.2 Å². The van der Waals surface area contributed by atoms with Crippen LogP contribution in [0.3, 0.4) is 0 Å². The molecule has 1 aromatic heterocycles. The molecule has 2 amide bonds. The molecule has 3 saturated carbocycles. The van der Waals surface area contributed by atoms with Crippen LogP contribution in [0.15, 0.2) is 24.3 Å². The molecule has 2 unspecified atom stereocenters. The number of aromatic nitrogens is 1. The van der Waals surface area contributed by atoms with Crippen LogP contribution in [0, 0.1) is 22.7 Å². The van der Waals surface area contributed by atoms with Gasteiger partial charge < -0.3 is 20.4 Å². The van der Waals surface area contributed by atoms with Gasteiger partial charge in [-0.05, 0) is 68.6 Å². The fourth-order valence-corrected chi connectivity index (χ4v) is 6.76. The average molecular weight is 491 g/mol. The minimum absolute atomic E-state index is 0.0656. The number of hydrogen-bond acceptors (Lipinski definition) is 5. The summed E-state index contributed by atoms with van der Waals surface area (Å²) in [5, 5.41) is 16.5. The Balaban J connectivity index is 1.35. The molecule has 36 heavy (non-hydrogen) atoms. The number of carbonyl (C=O) groups is 3. The molecule has 190 valence electrons. The highest BCUT2D eigenvalue weighted by Gasteiger charge is 2.59. The van der Waals surface area contributed by atoms with Crippen molar-refractivity contribution < 1.29 is 19.1 Å². The number of nitriles is 1. The maximum absolute atomic E-state index is 13.6. The number of nitrogens with zero attached hydrogens (tertiary/aromatic N) is 1. The number of methoxy groups -OCH3 is 1. The Bertz CT molecular complexity index is 1210. The molecule has 3 aliphatic rings. The highest BCUT2D eigenvalue weighted by Crippen LogP contribution is 2.57. The number of ketones is 1. The highest BCUT2D eigenvalue weighted by molar-refractivity contribution is 6.03. The van der Waals surface area contributed by atoms with Crippen LogP contribution < -0.4 is 15.4 Å². The standard InChI is InChI=1S/C28H34N4O4/c1-36-24-10-6-8-21-20(24)14-22(31-21)25(34)32-28(16-27(17-28)11-3-2-4-12-27)26(35)30-19(15-29)13-18-7-5-9-23(18)33/h6,8,10,14,18-19,31H,2-5,7,9,11-13,16-17H2,1H3,(H,30,35)(H,32,34). The van der Waals surface area contributed by atoms with Crippen LogP contribution in [0.2, 0.25) is 0 Å². The second kappa shape index (κ2) is 9.61. The number of fused-ring (bicyclic) bond motifs is 1. The van der Waals surface area contributed by atoms with E-state index in [9.17, 15) is 19.6 Å². The number of amides is 2. The Labute approximate surface area is 211 Å².